The molecule has 0 bridgehead atoms. The SMILES string of the molecule is C[C@H](c1ccc(S(C)(=O)=O)cc1)N(C)C(=O)/C=C/c1cccc(Cl)c1. The van der Waals surface area contributed by atoms with Gasteiger partial charge < -0.3 is 4.90 Å². The van der Waals surface area contributed by atoms with E-state index < -0.39 is 9.84 Å². The second-order valence-electron chi connectivity index (χ2n) is 5.85. The van der Waals surface area contributed by atoms with E-state index in [-0.39, 0.29) is 16.8 Å². The molecule has 6 heteroatoms. The summed E-state index contributed by atoms with van der Waals surface area (Å²) in [4.78, 5) is 14.2. The van der Waals surface area contributed by atoms with Gasteiger partial charge in [0.15, 0.2) is 9.84 Å². The molecule has 0 heterocycles. The second-order valence-corrected chi connectivity index (χ2v) is 8.31. The van der Waals surface area contributed by atoms with Crippen LogP contribution in [0.5, 0.6) is 0 Å². The molecule has 0 spiro atoms. The smallest absolute Gasteiger partial charge is 0.246 e. The van der Waals surface area contributed by atoms with E-state index in [9.17, 15) is 13.2 Å². The van der Waals surface area contributed by atoms with Crippen molar-refractivity contribution in [3.05, 3.63) is 70.8 Å². The van der Waals surface area contributed by atoms with E-state index in [1.165, 1.54) is 12.3 Å². The summed E-state index contributed by atoms with van der Waals surface area (Å²) in [7, 11) is -1.52. The normalized spacial score (nSPS) is 13.0. The highest BCUT2D eigenvalue weighted by atomic mass is 35.5. The summed E-state index contributed by atoms with van der Waals surface area (Å²) in [6, 6.07) is 13.6. The Morgan fingerprint density at radius 3 is 2.36 bits per heavy atom. The molecule has 0 N–H and O–H groups in total. The highest BCUT2D eigenvalue weighted by Gasteiger charge is 2.16. The Balaban J connectivity index is 2.10. The molecule has 0 fully saturated rings. The molecule has 0 aliphatic rings. The first kappa shape index (κ1) is 19.2. The van der Waals surface area contributed by atoms with Crippen LogP contribution in [0.3, 0.4) is 0 Å². The Kier molecular flexibility index (Phi) is 6.03. The maximum absolute atomic E-state index is 12.4. The molecule has 0 saturated carbocycles. The van der Waals surface area contributed by atoms with Gasteiger partial charge in [-0.2, -0.15) is 0 Å². The van der Waals surface area contributed by atoms with Crippen molar-refractivity contribution in [1.82, 2.24) is 4.90 Å². The fourth-order valence-corrected chi connectivity index (χ4v) is 3.13. The number of benzene rings is 2. The van der Waals surface area contributed by atoms with Crippen molar-refractivity contribution in [3.8, 4) is 0 Å². The van der Waals surface area contributed by atoms with Gasteiger partial charge in [-0.05, 0) is 48.4 Å². The number of carbonyl (C=O) groups is 1. The summed E-state index contributed by atoms with van der Waals surface area (Å²) in [5.74, 6) is -0.153. The fourth-order valence-electron chi connectivity index (χ4n) is 2.30. The van der Waals surface area contributed by atoms with Crippen LogP contribution in [0.25, 0.3) is 6.08 Å². The van der Waals surface area contributed by atoms with Crippen molar-refractivity contribution in [3.63, 3.8) is 0 Å². The Hall–Kier alpha value is -2.11. The van der Waals surface area contributed by atoms with Crippen LogP contribution in [0.4, 0.5) is 0 Å². The van der Waals surface area contributed by atoms with Crippen LogP contribution in [0.2, 0.25) is 5.02 Å². The Labute approximate surface area is 153 Å². The zero-order valence-electron chi connectivity index (χ0n) is 14.3. The summed E-state index contributed by atoms with van der Waals surface area (Å²) >= 11 is 5.93. The maximum Gasteiger partial charge on any atom is 0.246 e. The molecule has 2 aromatic carbocycles. The van der Waals surface area contributed by atoms with Crippen LogP contribution in [-0.4, -0.2) is 32.5 Å². The van der Waals surface area contributed by atoms with Crippen molar-refractivity contribution in [2.75, 3.05) is 13.3 Å². The van der Waals surface area contributed by atoms with Gasteiger partial charge in [0.05, 0.1) is 10.9 Å². The lowest BCUT2D eigenvalue weighted by atomic mass is 10.1. The minimum absolute atomic E-state index is 0.153. The van der Waals surface area contributed by atoms with Gasteiger partial charge in [-0.25, -0.2) is 8.42 Å². The molecule has 132 valence electrons. The van der Waals surface area contributed by atoms with Gasteiger partial charge in [0.1, 0.15) is 0 Å². The van der Waals surface area contributed by atoms with Crippen molar-refractivity contribution < 1.29 is 13.2 Å². The quantitative estimate of drug-likeness (QED) is 0.740. The van der Waals surface area contributed by atoms with Gasteiger partial charge in [0.2, 0.25) is 5.91 Å². The van der Waals surface area contributed by atoms with Crippen molar-refractivity contribution in [2.24, 2.45) is 0 Å². The lowest BCUT2D eigenvalue weighted by Gasteiger charge is -2.24. The molecule has 0 aliphatic carbocycles. The summed E-state index contributed by atoms with van der Waals surface area (Å²) < 4.78 is 23.0. The number of nitrogens with zero attached hydrogens (tertiary/aromatic N) is 1. The molecule has 0 aliphatic heterocycles. The number of hydrogen-bond donors (Lipinski definition) is 0. The third kappa shape index (κ3) is 5.18. The fraction of sp³-hybridized carbons (Fsp3) is 0.211. The molecule has 4 nitrogen and oxygen atoms in total. The molecule has 25 heavy (non-hydrogen) atoms. The van der Waals surface area contributed by atoms with Gasteiger partial charge >= 0.3 is 0 Å². The van der Waals surface area contributed by atoms with E-state index in [0.29, 0.717) is 5.02 Å². The van der Waals surface area contributed by atoms with Crippen molar-refractivity contribution in [1.29, 1.82) is 0 Å². The van der Waals surface area contributed by atoms with E-state index in [0.717, 1.165) is 11.1 Å². The average Bonchev–Trinajstić information content (AvgIpc) is 2.58. The number of likely N-dealkylation sites (N-methyl/N-ethyl adjacent to an activating group) is 1. The molecule has 0 saturated heterocycles. The van der Waals surface area contributed by atoms with Gasteiger partial charge in [0, 0.05) is 24.4 Å². The molecule has 0 aromatic heterocycles. The molecule has 1 amide bonds. The molecule has 2 aromatic rings. The van der Waals surface area contributed by atoms with Crippen LogP contribution in [0.1, 0.15) is 24.1 Å². The summed E-state index contributed by atoms with van der Waals surface area (Å²) in [6.07, 6.45) is 4.37. The van der Waals surface area contributed by atoms with Crippen molar-refractivity contribution in [2.45, 2.75) is 17.9 Å². The molecule has 0 unspecified atom stereocenters. The van der Waals surface area contributed by atoms with Crippen molar-refractivity contribution >= 4 is 33.4 Å². The Morgan fingerprint density at radius 2 is 1.80 bits per heavy atom. The van der Waals surface area contributed by atoms with E-state index in [1.54, 1.807) is 54.4 Å². The summed E-state index contributed by atoms with van der Waals surface area (Å²) in [6.45, 7) is 1.89. The molecular weight excluding hydrogens is 358 g/mol. The van der Waals surface area contributed by atoms with Crippen LogP contribution < -0.4 is 0 Å². The van der Waals surface area contributed by atoms with Gasteiger partial charge in [-0.1, -0.05) is 35.9 Å². The first-order valence-corrected chi connectivity index (χ1v) is 9.96. The number of amides is 1. The Morgan fingerprint density at radius 1 is 1.16 bits per heavy atom. The predicted octanol–water partition coefficient (Wildman–Crippen LogP) is 3.98. The molecule has 1 atom stereocenters. The second kappa shape index (κ2) is 7.85. The number of sulfone groups is 1. The minimum Gasteiger partial charge on any atom is -0.335 e. The van der Waals surface area contributed by atoms with E-state index in [1.807, 2.05) is 19.1 Å². The molecule has 0 radical (unpaired) electrons. The van der Waals surface area contributed by atoms with E-state index >= 15 is 0 Å². The number of halogens is 1. The average molecular weight is 378 g/mol. The van der Waals surface area contributed by atoms with Gasteiger partial charge in [0.25, 0.3) is 0 Å². The first-order valence-electron chi connectivity index (χ1n) is 7.69. The Bertz CT molecular complexity index is 889. The molecular formula is C19H20ClNO3S. The molecule has 2 rings (SSSR count). The highest BCUT2D eigenvalue weighted by molar-refractivity contribution is 7.90. The van der Waals surface area contributed by atoms with E-state index in [4.69, 9.17) is 11.6 Å². The van der Waals surface area contributed by atoms with E-state index in [2.05, 4.69) is 0 Å². The van der Waals surface area contributed by atoms with Crippen LogP contribution in [-0.2, 0) is 14.6 Å². The first-order chi connectivity index (χ1) is 11.7. The lowest BCUT2D eigenvalue weighted by Crippen LogP contribution is -2.28. The number of rotatable bonds is 5. The topological polar surface area (TPSA) is 54.5 Å². The lowest BCUT2D eigenvalue weighted by molar-refractivity contribution is -0.126. The van der Waals surface area contributed by atoms with Gasteiger partial charge in [-0.15, -0.1) is 0 Å². The third-order valence-corrected chi connectivity index (χ3v) is 5.35. The zero-order valence-corrected chi connectivity index (χ0v) is 15.9. The third-order valence-electron chi connectivity index (χ3n) is 3.99. The standard InChI is InChI=1S/C19H20ClNO3S/c1-14(16-8-10-18(11-9-16)25(3,23)24)21(2)19(22)12-7-15-5-4-6-17(20)13-15/h4-14H,1-3H3/b12-7+/t14-/m1/s1. The zero-order chi connectivity index (χ0) is 18.6. The predicted molar refractivity (Wildman–Crippen MR) is 101 cm³/mol. The maximum atomic E-state index is 12.4. The highest BCUT2D eigenvalue weighted by Crippen LogP contribution is 2.21. The van der Waals surface area contributed by atoms with Crippen LogP contribution >= 0.6 is 11.6 Å². The summed E-state index contributed by atoms with van der Waals surface area (Å²) in [5, 5.41) is 0.613. The number of carbonyl (C=O) groups excluding carboxylic acids is 1. The van der Waals surface area contributed by atoms with Crippen LogP contribution in [0, 0.1) is 0 Å². The number of hydrogen-bond acceptors (Lipinski definition) is 3. The van der Waals surface area contributed by atoms with Crippen LogP contribution in [0.15, 0.2) is 59.5 Å². The minimum atomic E-state index is -3.23. The monoisotopic (exact) mass is 377 g/mol. The summed E-state index contributed by atoms with van der Waals surface area (Å²) in [5.41, 5.74) is 1.71. The largest absolute Gasteiger partial charge is 0.335 e. The van der Waals surface area contributed by atoms with Gasteiger partial charge in [-0.3, -0.25) is 4.79 Å².